The third kappa shape index (κ3) is 4.95. The summed E-state index contributed by atoms with van der Waals surface area (Å²) in [7, 11) is 0. The first-order valence-corrected chi connectivity index (χ1v) is 9.85. The average molecular weight is 495 g/mol. The molecule has 1 aliphatic heterocycles. The number of likely N-dealkylation sites (tertiary alicyclic amines) is 1. The van der Waals surface area contributed by atoms with E-state index in [9.17, 15) is 14.7 Å². The lowest BCUT2D eigenvalue weighted by Crippen LogP contribution is -2.36. The van der Waals surface area contributed by atoms with E-state index in [1.807, 2.05) is 30.3 Å². The van der Waals surface area contributed by atoms with E-state index >= 15 is 0 Å². The molecule has 0 aromatic heterocycles. The number of carbonyl (C=O) groups is 2. The zero-order chi connectivity index (χ0) is 19.4. The predicted molar refractivity (Wildman–Crippen MR) is 110 cm³/mol. The van der Waals surface area contributed by atoms with Gasteiger partial charge in [-0.25, -0.2) is 5.43 Å². The molecule has 140 valence electrons. The second kappa shape index (κ2) is 8.67. The van der Waals surface area contributed by atoms with Crippen molar-refractivity contribution in [2.45, 2.75) is 12.3 Å². The van der Waals surface area contributed by atoms with Gasteiger partial charge in [-0.1, -0.05) is 46.3 Å². The van der Waals surface area contributed by atoms with Gasteiger partial charge in [0.2, 0.25) is 5.91 Å². The van der Waals surface area contributed by atoms with Crippen molar-refractivity contribution in [1.29, 1.82) is 0 Å². The lowest BCUT2D eigenvalue weighted by Gasteiger charge is -2.15. The third-order valence-corrected chi connectivity index (χ3v) is 5.33. The van der Waals surface area contributed by atoms with Gasteiger partial charge in [-0.05, 0) is 33.6 Å². The van der Waals surface area contributed by atoms with Gasteiger partial charge in [0.15, 0.2) is 0 Å². The van der Waals surface area contributed by atoms with Gasteiger partial charge in [-0.15, -0.1) is 0 Å². The molecule has 2 amide bonds. The van der Waals surface area contributed by atoms with Crippen molar-refractivity contribution in [3.05, 3.63) is 62.5 Å². The third-order valence-electron chi connectivity index (χ3n) is 4.27. The second-order valence-corrected chi connectivity index (χ2v) is 7.97. The van der Waals surface area contributed by atoms with Gasteiger partial charge < -0.3 is 10.0 Å². The fourth-order valence-electron chi connectivity index (χ4n) is 2.94. The standard InChI is InChI=1S/C19H17Br2N3O3/c20-15-6-13(19(27)16(21)8-15)9-22-23-17(25)11-24-10-14(7-18(24)26)12-4-2-1-3-5-12/h1-6,8-9,14,27H,7,10-11H2,(H,23,25)/b22-9-/t14-/m1/s1. The van der Waals surface area contributed by atoms with Crippen LogP contribution in [0.25, 0.3) is 0 Å². The smallest absolute Gasteiger partial charge is 0.259 e. The quantitative estimate of drug-likeness (QED) is 0.493. The number of phenolic OH excluding ortho intramolecular Hbond substituents is 1. The monoisotopic (exact) mass is 493 g/mol. The summed E-state index contributed by atoms with van der Waals surface area (Å²) in [5, 5.41) is 13.8. The lowest BCUT2D eigenvalue weighted by atomic mass is 9.99. The Hall–Kier alpha value is -2.19. The number of phenols is 1. The van der Waals surface area contributed by atoms with E-state index in [0.29, 0.717) is 23.0 Å². The highest BCUT2D eigenvalue weighted by Gasteiger charge is 2.31. The zero-order valence-corrected chi connectivity index (χ0v) is 17.4. The van der Waals surface area contributed by atoms with Crippen LogP contribution in [0.2, 0.25) is 0 Å². The molecule has 0 bridgehead atoms. The molecule has 1 atom stereocenters. The molecule has 2 aromatic rings. The van der Waals surface area contributed by atoms with Crippen molar-refractivity contribution < 1.29 is 14.7 Å². The molecular formula is C19H17Br2N3O3. The van der Waals surface area contributed by atoms with E-state index in [2.05, 4.69) is 42.4 Å². The minimum absolute atomic E-state index is 0.0247. The summed E-state index contributed by atoms with van der Waals surface area (Å²) in [6, 6.07) is 13.2. The van der Waals surface area contributed by atoms with Gasteiger partial charge >= 0.3 is 0 Å². The number of hydrogen-bond acceptors (Lipinski definition) is 4. The number of hydrazone groups is 1. The van der Waals surface area contributed by atoms with Gasteiger partial charge in [-0.3, -0.25) is 9.59 Å². The maximum Gasteiger partial charge on any atom is 0.259 e. The Morgan fingerprint density at radius 2 is 2.04 bits per heavy atom. The molecule has 1 aliphatic rings. The van der Waals surface area contributed by atoms with Crippen molar-refractivity contribution in [3.8, 4) is 5.75 Å². The van der Waals surface area contributed by atoms with Crippen LogP contribution < -0.4 is 5.43 Å². The van der Waals surface area contributed by atoms with Crippen LogP contribution in [-0.2, 0) is 9.59 Å². The van der Waals surface area contributed by atoms with Crippen molar-refractivity contribution in [2.24, 2.45) is 5.10 Å². The molecule has 0 aliphatic carbocycles. The van der Waals surface area contributed by atoms with E-state index in [4.69, 9.17) is 0 Å². The first-order chi connectivity index (χ1) is 12.9. The molecule has 2 N–H and O–H groups in total. The van der Waals surface area contributed by atoms with E-state index in [1.165, 1.54) is 11.1 Å². The predicted octanol–water partition coefficient (Wildman–Crippen LogP) is 3.38. The zero-order valence-electron chi connectivity index (χ0n) is 14.2. The van der Waals surface area contributed by atoms with Crippen LogP contribution in [0.3, 0.4) is 0 Å². The Morgan fingerprint density at radius 3 is 2.78 bits per heavy atom. The average Bonchev–Trinajstić information content (AvgIpc) is 3.00. The number of benzene rings is 2. The lowest BCUT2D eigenvalue weighted by molar-refractivity contribution is -0.133. The maximum atomic E-state index is 12.2. The molecule has 6 nitrogen and oxygen atoms in total. The van der Waals surface area contributed by atoms with E-state index < -0.39 is 0 Å². The Kier molecular flexibility index (Phi) is 6.28. The molecule has 8 heteroatoms. The fourth-order valence-corrected chi connectivity index (χ4v) is 4.20. The van der Waals surface area contributed by atoms with Crippen LogP contribution in [-0.4, -0.2) is 41.1 Å². The van der Waals surface area contributed by atoms with Crippen molar-refractivity contribution in [3.63, 3.8) is 0 Å². The molecule has 3 rings (SSSR count). The molecule has 0 radical (unpaired) electrons. The molecule has 2 aromatic carbocycles. The first kappa shape index (κ1) is 19.6. The normalized spacial score (nSPS) is 16.9. The summed E-state index contributed by atoms with van der Waals surface area (Å²) in [5.41, 5.74) is 3.94. The van der Waals surface area contributed by atoms with E-state index in [-0.39, 0.29) is 30.0 Å². The minimum Gasteiger partial charge on any atom is -0.506 e. The number of amides is 2. The molecule has 1 saturated heterocycles. The summed E-state index contributed by atoms with van der Waals surface area (Å²) in [4.78, 5) is 25.8. The number of nitrogens with one attached hydrogen (secondary N) is 1. The van der Waals surface area contributed by atoms with Gasteiger partial charge in [0.25, 0.3) is 5.91 Å². The Bertz CT molecular complexity index is 887. The highest BCUT2D eigenvalue weighted by molar-refractivity contribution is 9.11. The fraction of sp³-hybridized carbons (Fsp3) is 0.211. The Balaban J connectivity index is 1.56. The van der Waals surface area contributed by atoms with Gasteiger partial charge in [-0.2, -0.15) is 5.10 Å². The highest BCUT2D eigenvalue weighted by atomic mass is 79.9. The highest BCUT2D eigenvalue weighted by Crippen LogP contribution is 2.30. The largest absolute Gasteiger partial charge is 0.506 e. The van der Waals surface area contributed by atoms with Crippen LogP contribution in [0.5, 0.6) is 5.75 Å². The number of carbonyl (C=O) groups excluding carboxylic acids is 2. The summed E-state index contributed by atoms with van der Waals surface area (Å²) >= 11 is 6.56. The van der Waals surface area contributed by atoms with Crippen LogP contribution in [0.15, 0.2) is 56.5 Å². The Labute approximate surface area is 173 Å². The topological polar surface area (TPSA) is 82.0 Å². The summed E-state index contributed by atoms with van der Waals surface area (Å²) in [5.74, 6) is -0.305. The molecule has 0 saturated carbocycles. The molecule has 1 heterocycles. The van der Waals surface area contributed by atoms with Gasteiger partial charge in [0.1, 0.15) is 12.3 Å². The number of aromatic hydroxyl groups is 1. The van der Waals surface area contributed by atoms with Crippen LogP contribution in [0.4, 0.5) is 0 Å². The number of hydrogen-bond donors (Lipinski definition) is 2. The minimum atomic E-state index is -0.387. The second-order valence-electron chi connectivity index (χ2n) is 6.20. The maximum absolute atomic E-state index is 12.2. The summed E-state index contributed by atoms with van der Waals surface area (Å²) in [6.45, 7) is 0.465. The molecule has 1 fully saturated rings. The van der Waals surface area contributed by atoms with Crippen LogP contribution in [0.1, 0.15) is 23.5 Å². The number of rotatable bonds is 5. The SMILES string of the molecule is O=C(CN1C[C@H](c2ccccc2)CC1=O)N/N=C\c1cc(Br)cc(Br)c1O. The van der Waals surface area contributed by atoms with E-state index in [0.717, 1.165) is 10.0 Å². The van der Waals surface area contributed by atoms with Crippen LogP contribution >= 0.6 is 31.9 Å². The Morgan fingerprint density at radius 1 is 1.30 bits per heavy atom. The van der Waals surface area contributed by atoms with Crippen molar-refractivity contribution in [1.82, 2.24) is 10.3 Å². The van der Waals surface area contributed by atoms with Crippen molar-refractivity contribution >= 4 is 49.9 Å². The van der Waals surface area contributed by atoms with E-state index in [1.54, 1.807) is 12.1 Å². The molecule has 27 heavy (non-hydrogen) atoms. The molecule has 0 spiro atoms. The first-order valence-electron chi connectivity index (χ1n) is 8.26. The summed E-state index contributed by atoms with van der Waals surface area (Å²) in [6.07, 6.45) is 1.75. The van der Waals surface area contributed by atoms with Crippen LogP contribution in [0, 0.1) is 0 Å². The number of nitrogens with zero attached hydrogens (tertiary/aromatic N) is 2. The van der Waals surface area contributed by atoms with Gasteiger partial charge in [0.05, 0.1) is 10.7 Å². The van der Waals surface area contributed by atoms with Crippen molar-refractivity contribution in [2.75, 3.05) is 13.1 Å². The van der Waals surface area contributed by atoms with Gasteiger partial charge in [0, 0.05) is 28.9 Å². The molecule has 0 unspecified atom stereocenters. The summed E-state index contributed by atoms with van der Waals surface area (Å²) < 4.78 is 1.27. The number of halogens is 2. The molecular weight excluding hydrogens is 478 g/mol.